The maximum Gasteiger partial charge on any atom is 0.372 e. The number of fused-ring (bicyclic) bond motifs is 1. The lowest BCUT2D eigenvalue weighted by Crippen LogP contribution is -2.55. The summed E-state index contributed by atoms with van der Waals surface area (Å²) in [5.74, 6) is -2.35. The van der Waals surface area contributed by atoms with E-state index in [1.54, 1.807) is 18.2 Å². The van der Waals surface area contributed by atoms with Gasteiger partial charge in [-0.1, -0.05) is 15.9 Å². The summed E-state index contributed by atoms with van der Waals surface area (Å²) in [7, 11) is 2.30. The molecule has 1 aliphatic heterocycles. The van der Waals surface area contributed by atoms with Crippen LogP contribution in [-0.4, -0.2) is 37.9 Å². The molecule has 0 fully saturated rings. The van der Waals surface area contributed by atoms with Crippen molar-refractivity contribution in [2.24, 2.45) is 0 Å². The molecule has 2 rings (SSSR count). The van der Waals surface area contributed by atoms with Gasteiger partial charge < -0.3 is 19.5 Å². The van der Waals surface area contributed by atoms with E-state index in [9.17, 15) is 14.4 Å². The largest absolute Gasteiger partial charge is 0.469 e. The highest BCUT2D eigenvalue weighted by molar-refractivity contribution is 9.10. The van der Waals surface area contributed by atoms with Gasteiger partial charge in [-0.05, 0) is 18.2 Å². The van der Waals surface area contributed by atoms with E-state index in [1.165, 1.54) is 7.11 Å². The molecule has 0 spiro atoms. The number of anilines is 1. The van der Waals surface area contributed by atoms with Crippen LogP contribution in [0.5, 0.6) is 0 Å². The van der Waals surface area contributed by atoms with Crippen molar-refractivity contribution >= 4 is 39.5 Å². The zero-order chi connectivity index (χ0) is 15.6. The molecule has 0 aliphatic carbocycles. The smallest absolute Gasteiger partial charge is 0.372 e. The molecule has 1 aromatic rings. The third kappa shape index (κ3) is 2.85. The van der Waals surface area contributed by atoms with Gasteiger partial charge in [0.25, 0.3) is 5.72 Å². The van der Waals surface area contributed by atoms with E-state index in [-0.39, 0.29) is 5.56 Å². The molecule has 1 heterocycles. The molecule has 0 amide bonds. The molecule has 0 saturated carbocycles. The lowest BCUT2D eigenvalue weighted by molar-refractivity contribution is -0.167. The number of rotatable bonds is 3. The summed E-state index contributed by atoms with van der Waals surface area (Å²) in [5.41, 5.74) is -1.32. The second-order valence-electron chi connectivity index (χ2n) is 4.28. The molecular weight excluding hydrogens is 346 g/mol. The number of cyclic esters (lactones) is 1. The van der Waals surface area contributed by atoms with Crippen molar-refractivity contribution in [2.45, 2.75) is 12.1 Å². The minimum absolute atomic E-state index is 0.244. The molecule has 1 aliphatic rings. The van der Waals surface area contributed by atoms with Gasteiger partial charge in [-0.2, -0.15) is 0 Å². The summed E-state index contributed by atoms with van der Waals surface area (Å²) >= 11 is 3.24. The van der Waals surface area contributed by atoms with Crippen LogP contribution in [0.25, 0.3) is 0 Å². The van der Waals surface area contributed by atoms with E-state index >= 15 is 0 Å². The van der Waals surface area contributed by atoms with Crippen LogP contribution in [-0.2, 0) is 23.8 Å². The molecular formula is C13H12BrNO6. The molecule has 8 heteroatoms. The Labute approximate surface area is 128 Å². The molecule has 0 unspecified atom stereocenters. The molecule has 1 atom stereocenters. The first-order valence-corrected chi connectivity index (χ1v) is 6.67. The molecule has 1 aromatic carbocycles. The van der Waals surface area contributed by atoms with Gasteiger partial charge in [0, 0.05) is 4.47 Å². The first kappa shape index (κ1) is 15.3. The van der Waals surface area contributed by atoms with E-state index < -0.39 is 30.1 Å². The number of carbonyl (C=O) groups excluding carboxylic acids is 3. The highest BCUT2D eigenvalue weighted by Crippen LogP contribution is 2.33. The Bertz CT molecular complexity index is 617. The first-order chi connectivity index (χ1) is 9.91. The molecule has 112 valence electrons. The first-order valence-electron chi connectivity index (χ1n) is 5.88. The molecule has 0 aromatic heterocycles. The summed E-state index contributed by atoms with van der Waals surface area (Å²) < 4.78 is 15.0. The van der Waals surface area contributed by atoms with E-state index in [1.807, 2.05) is 0 Å². The number of ether oxygens (including phenoxy) is 3. The average Bonchev–Trinajstić information content (AvgIpc) is 2.47. The van der Waals surface area contributed by atoms with Gasteiger partial charge >= 0.3 is 17.9 Å². The number of hydrogen-bond acceptors (Lipinski definition) is 7. The fourth-order valence-electron chi connectivity index (χ4n) is 1.94. The third-order valence-electron chi connectivity index (χ3n) is 2.94. The average molecular weight is 358 g/mol. The molecule has 1 N–H and O–H groups in total. The van der Waals surface area contributed by atoms with Crippen molar-refractivity contribution in [1.82, 2.24) is 0 Å². The van der Waals surface area contributed by atoms with Crippen molar-refractivity contribution in [1.29, 1.82) is 0 Å². The minimum atomic E-state index is -1.93. The fourth-order valence-corrected chi connectivity index (χ4v) is 2.30. The topological polar surface area (TPSA) is 90.9 Å². The third-order valence-corrected chi connectivity index (χ3v) is 3.43. The number of halogens is 1. The van der Waals surface area contributed by atoms with Crippen molar-refractivity contribution in [3.63, 3.8) is 0 Å². The number of methoxy groups -OCH3 is 2. The van der Waals surface area contributed by atoms with Crippen LogP contribution in [0.2, 0.25) is 0 Å². The zero-order valence-electron chi connectivity index (χ0n) is 11.3. The molecule has 0 saturated heterocycles. The Kier molecular flexibility index (Phi) is 4.17. The lowest BCUT2D eigenvalue weighted by atomic mass is 10.0. The van der Waals surface area contributed by atoms with Crippen LogP contribution in [0.15, 0.2) is 22.7 Å². The minimum Gasteiger partial charge on any atom is -0.469 e. The van der Waals surface area contributed by atoms with E-state index in [0.717, 1.165) is 7.11 Å². The van der Waals surface area contributed by atoms with Gasteiger partial charge in [-0.3, -0.25) is 4.79 Å². The predicted octanol–water partition coefficient (Wildman–Crippen LogP) is 1.46. The highest BCUT2D eigenvalue weighted by atomic mass is 79.9. The number of esters is 3. The highest BCUT2D eigenvalue weighted by Gasteiger charge is 2.50. The second kappa shape index (κ2) is 5.72. The van der Waals surface area contributed by atoms with Gasteiger partial charge in [0.05, 0.1) is 25.5 Å². The normalized spacial score (nSPS) is 19.9. The molecule has 0 radical (unpaired) electrons. The van der Waals surface area contributed by atoms with Crippen LogP contribution in [0.1, 0.15) is 16.8 Å². The lowest BCUT2D eigenvalue weighted by Gasteiger charge is -2.35. The number of carbonyl (C=O) groups is 3. The SMILES string of the molecule is COC(=O)C[C@]1(C(=O)OC)Nc2ccc(Br)cc2C(=O)O1. The van der Waals surface area contributed by atoms with Gasteiger partial charge in [-0.25, -0.2) is 9.59 Å². The molecule has 21 heavy (non-hydrogen) atoms. The van der Waals surface area contributed by atoms with Gasteiger partial charge in [0.2, 0.25) is 0 Å². The predicted molar refractivity (Wildman–Crippen MR) is 74.6 cm³/mol. The quantitative estimate of drug-likeness (QED) is 0.646. The van der Waals surface area contributed by atoms with Gasteiger partial charge in [0.15, 0.2) is 0 Å². The number of nitrogens with one attached hydrogen (secondary N) is 1. The van der Waals surface area contributed by atoms with E-state index in [0.29, 0.717) is 10.2 Å². The number of benzene rings is 1. The molecule has 0 bridgehead atoms. The van der Waals surface area contributed by atoms with Crippen molar-refractivity contribution in [2.75, 3.05) is 19.5 Å². The maximum atomic E-state index is 12.1. The van der Waals surface area contributed by atoms with Crippen molar-refractivity contribution in [3.05, 3.63) is 28.2 Å². The standard InChI is InChI=1S/C13H12BrNO6/c1-19-10(16)6-13(12(18)20-2)15-9-4-3-7(14)5-8(9)11(17)21-13/h3-5,15H,6H2,1-2H3/t13-/m0/s1. The van der Waals surface area contributed by atoms with E-state index in [4.69, 9.17) is 4.74 Å². The van der Waals surface area contributed by atoms with Crippen LogP contribution in [0.4, 0.5) is 5.69 Å². The van der Waals surface area contributed by atoms with Crippen molar-refractivity contribution < 1.29 is 28.6 Å². The Balaban J connectivity index is 2.45. The van der Waals surface area contributed by atoms with Gasteiger partial charge in [0.1, 0.15) is 6.42 Å². The van der Waals surface area contributed by atoms with E-state index in [2.05, 4.69) is 30.7 Å². The summed E-state index contributed by atoms with van der Waals surface area (Å²) in [6.45, 7) is 0. The maximum absolute atomic E-state index is 12.1. The fraction of sp³-hybridized carbons (Fsp3) is 0.308. The summed E-state index contributed by atoms with van der Waals surface area (Å²) in [4.78, 5) is 35.6. The summed E-state index contributed by atoms with van der Waals surface area (Å²) in [6, 6.07) is 4.82. The van der Waals surface area contributed by atoms with Crippen molar-refractivity contribution in [3.8, 4) is 0 Å². The van der Waals surface area contributed by atoms with Crippen LogP contribution >= 0.6 is 15.9 Å². The monoisotopic (exact) mass is 357 g/mol. The Hall–Kier alpha value is -2.09. The number of hydrogen-bond donors (Lipinski definition) is 1. The summed E-state index contributed by atoms with van der Waals surface area (Å²) in [5, 5.41) is 2.74. The summed E-state index contributed by atoms with van der Waals surface area (Å²) in [6.07, 6.45) is -0.503. The van der Waals surface area contributed by atoms with Crippen LogP contribution < -0.4 is 5.32 Å². The van der Waals surface area contributed by atoms with Gasteiger partial charge in [-0.15, -0.1) is 0 Å². The second-order valence-corrected chi connectivity index (χ2v) is 5.19. The Morgan fingerprint density at radius 1 is 1.33 bits per heavy atom. The van der Waals surface area contributed by atoms with Crippen LogP contribution in [0.3, 0.4) is 0 Å². The Morgan fingerprint density at radius 2 is 2.05 bits per heavy atom. The van der Waals surface area contributed by atoms with Crippen LogP contribution in [0, 0.1) is 0 Å². The molecule has 7 nitrogen and oxygen atoms in total. The zero-order valence-corrected chi connectivity index (χ0v) is 12.9. The Morgan fingerprint density at radius 3 is 2.67 bits per heavy atom.